The Morgan fingerprint density at radius 2 is 0.702 bits per heavy atom. The van der Waals surface area contributed by atoms with Crippen molar-refractivity contribution < 1.29 is 4.42 Å². The van der Waals surface area contributed by atoms with E-state index in [4.69, 9.17) is 4.42 Å². The third kappa shape index (κ3) is 4.99. The molecule has 0 bridgehead atoms. The first kappa shape index (κ1) is 31.7. The normalized spacial score (nSPS) is 11.9. The molecule has 0 aliphatic heterocycles. The summed E-state index contributed by atoms with van der Waals surface area (Å²) in [5.41, 5.74) is 16.0. The lowest BCUT2D eigenvalue weighted by molar-refractivity contribution is 0.669. The second-order valence-corrected chi connectivity index (χ2v) is 14.9. The summed E-state index contributed by atoms with van der Waals surface area (Å²) in [6.07, 6.45) is 0. The average molecular weight is 727 g/mol. The van der Waals surface area contributed by atoms with E-state index in [1.54, 1.807) is 0 Å². The summed E-state index contributed by atoms with van der Waals surface area (Å²) in [4.78, 5) is 0. The van der Waals surface area contributed by atoms with Crippen molar-refractivity contribution in [1.82, 2.24) is 9.13 Å². The third-order valence-electron chi connectivity index (χ3n) is 11.7. The lowest BCUT2D eigenvalue weighted by Gasteiger charge is -2.11. The van der Waals surface area contributed by atoms with E-state index in [0.717, 1.165) is 33.1 Å². The standard InChI is InChI=1S/C54H34N2O/c1-3-11-35(12-4-1)39-26-30-53-47(31-39)48-33-52-46(34-54(48)57-53)44-16-8-10-18-50(44)56(52)42-27-23-37(24-28-42)36-19-21-38(22-20-36)40-25-29-45-43-15-7-9-17-49(43)55(51(45)32-40)41-13-5-2-6-14-41/h1-34H. The Labute approximate surface area is 328 Å². The minimum absolute atomic E-state index is 0.902. The Morgan fingerprint density at radius 1 is 0.246 bits per heavy atom. The maximum absolute atomic E-state index is 6.46. The zero-order valence-corrected chi connectivity index (χ0v) is 30.9. The number of benzene rings is 9. The van der Waals surface area contributed by atoms with Crippen LogP contribution < -0.4 is 0 Å². The van der Waals surface area contributed by atoms with E-state index in [2.05, 4.69) is 215 Å². The molecular formula is C54H34N2O. The molecule has 0 N–H and O–H groups in total. The Kier molecular flexibility index (Phi) is 6.93. The van der Waals surface area contributed by atoms with Crippen LogP contribution in [0.5, 0.6) is 0 Å². The minimum atomic E-state index is 0.902. The topological polar surface area (TPSA) is 23.0 Å². The van der Waals surface area contributed by atoms with Gasteiger partial charge < -0.3 is 13.6 Å². The van der Waals surface area contributed by atoms with Gasteiger partial charge in [0.1, 0.15) is 11.2 Å². The molecule has 57 heavy (non-hydrogen) atoms. The molecule has 0 atom stereocenters. The van der Waals surface area contributed by atoms with Crippen LogP contribution in [0.4, 0.5) is 0 Å². The summed E-state index contributed by atoms with van der Waals surface area (Å²) in [5, 5.41) is 7.17. The highest BCUT2D eigenvalue weighted by molar-refractivity contribution is 6.17. The van der Waals surface area contributed by atoms with E-state index in [0.29, 0.717) is 0 Å². The second kappa shape index (κ2) is 12.5. The van der Waals surface area contributed by atoms with Gasteiger partial charge in [-0.05, 0) is 100 Å². The number of aromatic nitrogens is 2. The summed E-state index contributed by atoms with van der Waals surface area (Å²) in [5.74, 6) is 0. The highest BCUT2D eigenvalue weighted by Crippen LogP contribution is 2.40. The molecule has 0 amide bonds. The maximum atomic E-state index is 6.46. The smallest absolute Gasteiger partial charge is 0.136 e. The molecule has 0 saturated carbocycles. The van der Waals surface area contributed by atoms with E-state index >= 15 is 0 Å². The van der Waals surface area contributed by atoms with Gasteiger partial charge in [-0.2, -0.15) is 0 Å². The Hall–Kier alpha value is -7.62. The fourth-order valence-corrected chi connectivity index (χ4v) is 8.99. The second-order valence-electron chi connectivity index (χ2n) is 14.9. The van der Waals surface area contributed by atoms with Crippen LogP contribution in [0.1, 0.15) is 0 Å². The average Bonchev–Trinajstić information content (AvgIpc) is 3.93. The third-order valence-corrected chi connectivity index (χ3v) is 11.7. The van der Waals surface area contributed by atoms with E-state index in [9.17, 15) is 0 Å². The molecule has 12 rings (SSSR count). The fraction of sp³-hybridized carbons (Fsp3) is 0. The SMILES string of the molecule is c1ccc(-c2ccc3oc4cc5c6ccccc6n(-c6ccc(-c7ccc(-c8ccc9c%10ccccc%10n(-c%10ccccc%10)c9c8)cc7)cc6)c5cc4c3c2)cc1. The number of para-hydroxylation sites is 3. The van der Waals surface area contributed by atoms with Gasteiger partial charge >= 0.3 is 0 Å². The maximum Gasteiger partial charge on any atom is 0.136 e. The van der Waals surface area contributed by atoms with Gasteiger partial charge in [0.05, 0.1) is 22.1 Å². The van der Waals surface area contributed by atoms with Crippen molar-refractivity contribution in [2.24, 2.45) is 0 Å². The van der Waals surface area contributed by atoms with Crippen molar-refractivity contribution in [3.05, 3.63) is 206 Å². The zero-order valence-electron chi connectivity index (χ0n) is 30.9. The molecule has 3 heteroatoms. The molecular weight excluding hydrogens is 693 g/mol. The molecule has 3 aromatic heterocycles. The molecule has 0 aliphatic rings. The Balaban J connectivity index is 0.918. The van der Waals surface area contributed by atoms with Crippen molar-refractivity contribution >= 4 is 65.6 Å². The van der Waals surface area contributed by atoms with Crippen molar-refractivity contribution in [1.29, 1.82) is 0 Å². The van der Waals surface area contributed by atoms with Gasteiger partial charge in [-0.15, -0.1) is 0 Å². The first-order chi connectivity index (χ1) is 28.2. The van der Waals surface area contributed by atoms with E-state index in [1.165, 1.54) is 77.2 Å². The fourth-order valence-electron chi connectivity index (χ4n) is 8.99. The molecule has 0 radical (unpaired) electrons. The first-order valence-electron chi connectivity index (χ1n) is 19.5. The quantitative estimate of drug-likeness (QED) is 0.173. The minimum Gasteiger partial charge on any atom is -0.456 e. The van der Waals surface area contributed by atoms with Crippen molar-refractivity contribution in [3.63, 3.8) is 0 Å². The molecule has 0 fully saturated rings. The molecule has 0 spiro atoms. The Bertz CT molecular complexity index is 3480. The summed E-state index contributed by atoms with van der Waals surface area (Å²) in [7, 11) is 0. The summed E-state index contributed by atoms with van der Waals surface area (Å²) >= 11 is 0. The molecule has 9 aromatic carbocycles. The number of hydrogen-bond acceptors (Lipinski definition) is 1. The van der Waals surface area contributed by atoms with Crippen LogP contribution in [0.2, 0.25) is 0 Å². The van der Waals surface area contributed by atoms with Crippen molar-refractivity contribution in [2.75, 3.05) is 0 Å². The van der Waals surface area contributed by atoms with Gasteiger partial charge in [0.15, 0.2) is 0 Å². The number of rotatable bonds is 5. The summed E-state index contributed by atoms with van der Waals surface area (Å²) in [6.45, 7) is 0. The number of hydrogen-bond donors (Lipinski definition) is 0. The lowest BCUT2D eigenvalue weighted by Crippen LogP contribution is -1.93. The van der Waals surface area contributed by atoms with Crippen molar-refractivity contribution in [3.8, 4) is 44.8 Å². The van der Waals surface area contributed by atoms with Gasteiger partial charge in [0, 0.05) is 43.7 Å². The molecule has 3 nitrogen and oxygen atoms in total. The molecule has 266 valence electrons. The van der Waals surface area contributed by atoms with Crippen LogP contribution in [-0.2, 0) is 0 Å². The highest BCUT2D eigenvalue weighted by atomic mass is 16.3. The zero-order chi connectivity index (χ0) is 37.5. The van der Waals surface area contributed by atoms with Crippen molar-refractivity contribution in [2.45, 2.75) is 0 Å². The largest absolute Gasteiger partial charge is 0.456 e. The first-order valence-corrected chi connectivity index (χ1v) is 19.5. The van der Waals surface area contributed by atoms with Gasteiger partial charge in [0.25, 0.3) is 0 Å². The van der Waals surface area contributed by atoms with E-state index in [1.807, 2.05) is 0 Å². The highest BCUT2D eigenvalue weighted by Gasteiger charge is 2.18. The number of nitrogens with zero attached hydrogens (tertiary/aromatic N) is 2. The molecule has 12 aromatic rings. The summed E-state index contributed by atoms with van der Waals surface area (Å²) < 4.78 is 11.2. The van der Waals surface area contributed by atoms with Crippen LogP contribution in [0, 0.1) is 0 Å². The summed E-state index contributed by atoms with van der Waals surface area (Å²) in [6, 6.07) is 74.4. The Morgan fingerprint density at radius 3 is 1.40 bits per heavy atom. The van der Waals surface area contributed by atoms with E-state index < -0.39 is 0 Å². The van der Waals surface area contributed by atoms with Crippen LogP contribution >= 0.6 is 0 Å². The molecule has 0 unspecified atom stereocenters. The monoisotopic (exact) mass is 726 g/mol. The van der Waals surface area contributed by atoms with Crippen LogP contribution in [0.25, 0.3) is 110 Å². The van der Waals surface area contributed by atoms with Gasteiger partial charge in [-0.3, -0.25) is 0 Å². The van der Waals surface area contributed by atoms with E-state index in [-0.39, 0.29) is 0 Å². The molecule has 0 saturated heterocycles. The molecule has 0 aliphatic carbocycles. The number of fused-ring (bicyclic) bond motifs is 9. The van der Waals surface area contributed by atoms with Crippen LogP contribution in [-0.4, -0.2) is 9.13 Å². The van der Waals surface area contributed by atoms with Crippen LogP contribution in [0.15, 0.2) is 211 Å². The predicted molar refractivity (Wildman–Crippen MR) is 239 cm³/mol. The van der Waals surface area contributed by atoms with Gasteiger partial charge in [-0.25, -0.2) is 0 Å². The number of furan rings is 1. The molecule has 3 heterocycles. The predicted octanol–water partition coefficient (Wildman–Crippen LogP) is 14.8. The van der Waals surface area contributed by atoms with Crippen LogP contribution in [0.3, 0.4) is 0 Å². The van der Waals surface area contributed by atoms with Gasteiger partial charge in [-0.1, -0.05) is 140 Å². The lowest BCUT2D eigenvalue weighted by atomic mass is 9.99. The van der Waals surface area contributed by atoms with Gasteiger partial charge in [0.2, 0.25) is 0 Å².